The molecule has 1 saturated heterocycles. The molecule has 1 unspecified atom stereocenters. The van der Waals surface area contributed by atoms with Gasteiger partial charge in [-0.3, -0.25) is 9.59 Å². The highest BCUT2D eigenvalue weighted by Gasteiger charge is 2.28. The molecule has 0 aliphatic carbocycles. The minimum Gasteiger partial charge on any atom is -0.397 e. The van der Waals surface area contributed by atoms with Gasteiger partial charge >= 0.3 is 0 Å². The number of nitrogens with zero attached hydrogens (tertiary/aromatic N) is 1. The lowest BCUT2D eigenvalue weighted by Crippen LogP contribution is -2.48. The van der Waals surface area contributed by atoms with Crippen molar-refractivity contribution < 1.29 is 9.59 Å². The first kappa shape index (κ1) is 13.2. The van der Waals surface area contributed by atoms with E-state index in [0.717, 1.165) is 12.8 Å². The molecule has 0 saturated carbocycles. The van der Waals surface area contributed by atoms with Crippen molar-refractivity contribution in [2.24, 2.45) is 11.5 Å². The molecule has 1 fully saturated rings. The third kappa shape index (κ3) is 2.62. The van der Waals surface area contributed by atoms with Crippen molar-refractivity contribution in [3.63, 3.8) is 0 Å². The van der Waals surface area contributed by atoms with Crippen molar-refractivity contribution in [1.29, 1.82) is 0 Å². The molecule has 2 rings (SSSR count). The molecule has 6 nitrogen and oxygen atoms in total. The molecule has 1 aromatic rings. The number of nitrogen functional groups attached to an aromatic ring is 1. The quantitative estimate of drug-likeness (QED) is 0.675. The summed E-state index contributed by atoms with van der Waals surface area (Å²) in [5.41, 5.74) is 18.2. The summed E-state index contributed by atoms with van der Waals surface area (Å²) < 4.78 is 0. The largest absolute Gasteiger partial charge is 0.397 e. The van der Waals surface area contributed by atoms with Crippen molar-refractivity contribution in [1.82, 2.24) is 0 Å². The van der Waals surface area contributed by atoms with Gasteiger partial charge in [0.2, 0.25) is 11.8 Å². The molecule has 6 heteroatoms. The zero-order valence-electron chi connectivity index (χ0n) is 10.6. The molecule has 0 radical (unpaired) electrons. The number of anilines is 2. The Morgan fingerprint density at radius 3 is 2.58 bits per heavy atom. The third-order valence-electron chi connectivity index (χ3n) is 3.46. The van der Waals surface area contributed by atoms with Crippen LogP contribution in [-0.4, -0.2) is 24.4 Å². The van der Waals surface area contributed by atoms with E-state index in [4.69, 9.17) is 17.2 Å². The lowest BCUT2D eigenvalue weighted by molar-refractivity contribution is -0.119. The van der Waals surface area contributed by atoms with Gasteiger partial charge in [0.15, 0.2) is 0 Å². The van der Waals surface area contributed by atoms with Gasteiger partial charge in [-0.15, -0.1) is 0 Å². The number of carbonyl (C=O) groups excluding carboxylic acids is 2. The fourth-order valence-electron chi connectivity index (χ4n) is 2.46. The Balaban J connectivity index is 2.40. The molecule has 0 aromatic heterocycles. The smallest absolute Gasteiger partial charge is 0.248 e. The number of hydrogen-bond acceptors (Lipinski definition) is 4. The molecule has 102 valence electrons. The van der Waals surface area contributed by atoms with Gasteiger partial charge in [0.25, 0.3) is 0 Å². The van der Waals surface area contributed by atoms with Gasteiger partial charge in [-0.1, -0.05) is 0 Å². The summed E-state index contributed by atoms with van der Waals surface area (Å²) in [6.45, 7) is 0.694. The Bertz CT molecular complexity index is 515. The molecule has 1 atom stereocenters. The fraction of sp³-hybridized carbons (Fsp3) is 0.385. The van der Waals surface area contributed by atoms with Gasteiger partial charge in [0.05, 0.1) is 11.4 Å². The highest BCUT2D eigenvalue weighted by molar-refractivity contribution is 5.95. The van der Waals surface area contributed by atoms with E-state index in [-0.39, 0.29) is 11.9 Å². The maximum Gasteiger partial charge on any atom is 0.248 e. The minimum absolute atomic E-state index is 0.372. The average Bonchev–Trinajstić information content (AvgIpc) is 2.39. The van der Waals surface area contributed by atoms with E-state index in [1.807, 2.05) is 4.90 Å². The molecule has 1 aromatic carbocycles. The maximum atomic E-state index is 11.5. The van der Waals surface area contributed by atoms with Crippen molar-refractivity contribution in [3.8, 4) is 0 Å². The van der Waals surface area contributed by atoms with Crippen molar-refractivity contribution in [2.75, 3.05) is 17.2 Å². The van der Waals surface area contributed by atoms with Crippen LogP contribution in [0.3, 0.4) is 0 Å². The zero-order chi connectivity index (χ0) is 14.0. The number of nitrogens with two attached hydrogens (primary N) is 3. The second-order valence-corrected chi connectivity index (χ2v) is 4.75. The molecular formula is C13H18N4O2. The van der Waals surface area contributed by atoms with E-state index in [0.29, 0.717) is 29.9 Å². The first-order valence-electron chi connectivity index (χ1n) is 6.26. The lowest BCUT2D eigenvalue weighted by Gasteiger charge is -2.36. The Morgan fingerprint density at radius 2 is 1.95 bits per heavy atom. The Morgan fingerprint density at radius 1 is 1.21 bits per heavy atom. The number of carbonyl (C=O) groups is 2. The summed E-state index contributed by atoms with van der Waals surface area (Å²) in [4.78, 5) is 24.6. The molecule has 19 heavy (non-hydrogen) atoms. The van der Waals surface area contributed by atoms with Gasteiger partial charge in [-0.05, 0) is 37.5 Å². The standard InChI is InChI=1S/C13H18N4O2/c14-9-5-4-8(12(15)18)7-11(9)17-6-2-1-3-10(17)13(16)19/h4-5,7,10H,1-3,6,14H2,(H2,15,18)(H2,16,19). The van der Waals surface area contributed by atoms with Gasteiger partial charge < -0.3 is 22.1 Å². The monoisotopic (exact) mass is 262 g/mol. The predicted molar refractivity (Wildman–Crippen MR) is 73.6 cm³/mol. The van der Waals surface area contributed by atoms with E-state index in [1.54, 1.807) is 18.2 Å². The summed E-state index contributed by atoms with van der Waals surface area (Å²) in [7, 11) is 0. The maximum absolute atomic E-state index is 11.5. The van der Waals surface area contributed by atoms with Crippen LogP contribution < -0.4 is 22.1 Å². The van der Waals surface area contributed by atoms with Crippen LogP contribution in [0.1, 0.15) is 29.6 Å². The molecule has 1 aliphatic heterocycles. The second-order valence-electron chi connectivity index (χ2n) is 4.75. The number of amides is 2. The first-order chi connectivity index (χ1) is 9.00. The lowest BCUT2D eigenvalue weighted by atomic mass is 9.99. The van der Waals surface area contributed by atoms with Crippen LogP contribution in [0.15, 0.2) is 18.2 Å². The van der Waals surface area contributed by atoms with Crippen molar-refractivity contribution in [2.45, 2.75) is 25.3 Å². The summed E-state index contributed by atoms with van der Waals surface area (Å²) in [6.07, 6.45) is 2.62. The number of benzene rings is 1. The number of primary amides is 2. The van der Waals surface area contributed by atoms with Crippen LogP contribution in [0.2, 0.25) is 0 Å². The van der Waals surface area contributed by atoms with E-state index in [2.05, 4.69) is 0 Å². The molecule has 1 aliphatic rings. The van der Waals surface area contributed by atoms with Crippen molar-refractivity contribution in [3.05, 3.63) is 23.8 Å². The molecule has 2 amide bonds. The van der Waals surface area contributed by atoms with Gasteiger partial charge in [0.1, 0.15) is 6.04 Å². The van der Waals surface area contributed by atoms with Crippen LogP contribution in [0, 0.1) is 0 Å². The summed E-state index contributed by atoms with van der Waals surface area (Å²) >= 11 is 0. The van der Waals surface area contributed by atoms with Gasteiger partial charge in [0, 0.05) is 12.1 Å². The van der Waals surface area contributed by atoms with Crippen LogP contribution in [0.4, 0.5) is 11.4 Å². The number of hydrogen-bond donors (Lipinski definition) is 3. The Kier molecular flexibility index (Phi) is 3.59. The zero-order valence-corrected chi connectivity index (χ0v) is 10.6. The van der Waals surface area contributed by atoms with Crippen LogP contribution in [0.5, 0.6) is 0 Å². The summed E-state index contributed by atoms with van der Waals surface area (Å²) in [5, 5.41) is 0. The van der Waals surface area contributed by atoms with Crippen LogP contribution in [-0.2, 0) is 4.79 Å². The Hall–Kier alpha value is -2.24. The first-order valence-corrected chi connectivity index (χ1v) is 6.26. The molecule has 0 spiro atoms. The van der Waals surface area contributed by atoms with E-state index < -0.39 is 5.91 Å². The number of piperidine rings is 1. The summed E-state index contributed by atoms with van der Waals surface area (Å²) in [5.74, 6) is -0.891. The second kappa shape index (κ2) is 5.17. The normalized spacial score (nSPS) is 19.2. The van der Waals surface area contributed by atoms with E-state index in [9.17, 15) is 9.59 Å². The van der Waals surface area contributed by atoms with Crippen molar-refractivity contribution >= 4 is 23.2 Å². The highest BCUT2D eigenvalue weighted by Crippen LogP contribution is 2.30. The minimum atomic E-state index is -0.520. The SMILES string of the molecule is NC(=O)c1ccc(N)c(N2CCCCC2C(N)=O)c1. The third-order valence-corrected chi connectivity index (χ3v) is 3.46. The average molecular weight is 262 g/mol. The highest BCUT2D eigenvalue weighted by atomic mass is 16.1. The molecular weight excluding hydrogens is 244 g/mol. The predicted octanol–water partition coefficient (Wildman–Crippen LogP) is 0.212. The van der Waals surface area contributed by atoms with Crippen LogP contribution >= 0.6 is 0 Å². The van der Waals surface area contributed by atoms with Gasteiger partial charge in [-0.2, -0.15) is 0 Å². The Labute approximate surface area is 111 Å². The summed E-state index contributed by atoms with van der Waals surface area (Å²) in [6, 6.07) is 4.45. The van der Waals surface area contributed by atoms with E-state index in [1.165, 1.54) is 0 Å². The number of rotatable bonds is 3. The van der Waals surface area contributed by atoms with Crippen LogP contribution in [0.25, 0.3) is 0 Å². The fourth-order valence-corrected chi connectivity index (χ4v) is 2.46. The van der Waals surface area contributed by atoms with E-state index >= 15 is 0 Å². The topological polar surface area (TPSA) is 115 Å². The molecule has 1 heterocycles. The van der Waals surface area contributed by atoms with Gasteiger partial charge in [-0.25, -0.2) is 0 Å². The molecule has 6 N–H and O–H groups in total. The molecule has 0 bridgehead atoms.